The van der Waals surface area contributed by atoms with Crippen molar-refractivity contribution in [3.8, 4) is 0 Å². The summed E-state index contributed by atoms with van der Waals surface area (Å²) in [7, 11) is 1.83. The van der Waals surface area contributed by atoms with Crippen molar-refractivity contribution in [2.24, 2.45) is 0 Å². The molecule has 0 aliphatic rings. The fourth-order valence-corrected chi connectivity index (χ4v) is 2.07. The quantitative estimate of drug-likeness (QED) is 0.812. The highest BCUT2D eigenvalue weighted by atomic mass is 19.1. The van der Waals surface area contributed by atoms with Crippen LogP contribution < -0.4 is 11.1 Å². The summed E-state index contributed by atoms with van der Waals surface area (Å²) in [4.78, 5) is 0. The molecule has 2 rings (SSSR count). The lowest BCUT2D eigenvalue weighted by Crippen LogP contribution is -2.20. The third-order valence-corrected chi connectivity index (χ3v) is 3.11. The highest BCUT2D eigenvalue weighted by Crippen LogP contribution is 2.23. The van der Waals surface area contributed by atoms with Crippen molar-refractivity contribution in [3.63, 3.8) is 0 Å². The van der Waals surface area contributed by atoms with E-state index in [0.717, 1.165) is 11.3 Å². The molecule has 0 saturated heterocycles. The maximum absolute atomic E-state index is 13.8. The number of benzene rings is 2. The van der Waals surface area contributed by atoms with Crippen molar-refractivity contribution in [1.29, 1.82) is 0 Å². The zero-order valence-electron chi connectivity index (χ0n) is 10.4. The van der Waals surface area contributed by atoms with Gasteiger partial charge in [-0.15, -0.1) is 0 Å². The zero-order chi connectivity index (χ0) is 13.0. The molecule has 0 saturated carbocycles. The Bertz CT molecular complexity index is 525. The lowest BCUT2D eigenvalue weighted by molar-refractivity contribution is 0.534. The molecule has 0 radical (unpaired) electrons. The third-order valence-electron chi connectivity index (χ3n) is 3.11. The Hall–Kier alpha value is -1.87. The van der Waals surface area contributed by atoms with Crippen molar-refractivity contribution < 1.29 is 4.39 Å². The average Bonchev–Trinajstić information content (AvgIpc) is 2.39. The zero-order valence-corrected chi connectivity index (χ0v) is 10.4. The number of nitrogen functional groups attached to an aromatic ring is 1. The largest absolute Gasteiger partial charge is 0.399 e. The lowest BCUT2D eigenvalue weighted by atomic mass is 9.97. The normalized spacial score (nSPS) is 12.3. The second-order valence-electron chi connectivity index (χ2n) is 4.27. The topological polar surface area (TPSA) is 38.0 Å². The van der Waals surface area contributed by atoms with E-state index < -0.39 is 0 Å². The minimum Gasteiger partial charge on any atom is -0.399 e. The highest BCUT2D eigenvalue weighted by Gasteiger charge is 2.14. The van der Waals surface area contributed by atoms with Crippen LogP contribution >= 0.6 is 0 Å². The first-order chi connectivity index (χ1) is 8.72. The fourth-order valence-electron chi connectivity index (χ4n) is 2.07. The van der Waals surface area contributed by atoms with Gasteiger partial charge in [-0.1, -0.05) is 36.4 Å². The van der Waals surface area contributed by atoms with Crippen LogP contribution in [0.4, 0.5) is 10.1 Å². The van der Waals surface area contributed by atoms with Gasteiger partial charge in [-0.25, -0.2) is 4.39 Å². The van der Waals surface area contributed by atoms with Crippen LogP contribution in [0.3, 0.4) is 0 Å². The van der Waals surface area contributed by atoms with Crippen molar-refractivity contribution in [2.75, 3.05) is 12.8 Å². The van der Waals surface area contributed by atoms with Gasteiger partial charge in [0.15, 0.2) is 0 Å². The molecule has 3 N–H and O–H groups in total. The van der Waals surface area contributed by atoms with E-state index in [-0.39, 0.29) is 11.9 Å². The molecule has 0 aliphatic carbocycles. The molecule has 0 amide bonds. The predicted octanol–water partition coefficient (Wildman–Crippen LogP) is 2.91. The number of hydrogen-bond donors (Lipinski definition) is 2. The summed E-state index contributed by atoms with van der Waals surface area (Å²) in [5.41, 5.74) is 8.36. The molecule has 0 fully saturated rings. The molecule has 2 aromatic rings. The molecule has 0 unspecified atom stereocenters. The van der Waals surface area contributed by atoms with Crippen molar-refractivity contribution in [3.05, 3.63) is 65.5 Å². The summed E-state index contributed by atoms with van der Waals surface area (Å²) in [6.45, 7) is 0. The van der Waals surface area contributed by atoms with E-state index in [1.165, 1.54) is 6.07 Å². The SMILES string of the molecule is CN[C@@H](Cc1ccccc1N)c1ccccc1F. The molecule has 3 heteroatoms. The van der Waals surface area contributed by atoms with E-state index in [4.69, 9.17) is 5.73 Å². The summed E-state index contributed by atoms with van der Waals surface area (Å²) in [5.74, 6) is -0.189. The molecule has 2 aromatic carbocycles. The summed E-state index contributed by atoms with van der Waals surface area (Å²) >= 11 is 0. The van der Waals surface area contributed by atoms with E-state index in [1.807, 2.05) is 37.4 Å². The van der Waals surface area contributed by atoms with Gasteiger partial charge >= 0.3 is 0 Å². The van der Waals surface area contributed by atoms with Crippen LogP contribution in [0.5, 0.6) is 0 Å². The highest BCUT2D eigenvalue weighted by molar-refractivity contribution is 5.47. The Labute approximate surface area is 107 Å². The molecule has 0 aliphatic heterocycles. The second-order valence-corrected chi connectivity index (χ2v) is 4.27. The van der Waals surface area contributed by atoms with Crippen molar-refractivity contribution in [2.45, 2.75) is 12.5 Å². The number of nitrogens with one attached hydrogen (secondary N) is 1. The van der Waals surface area contributed by atoms with Crippen molar-refractivity contribution >= 4 is 5.69 Å². The van der Waals surface area contributed by atoms with Crippen LogP contribution in [0.1, 0.15) is 17.2 Å². The number of halogens is 1. The summed E-state index contributed by atoms with van der Waals surface area (Å²) < 4.78 is 13.8. The Kier molecular flexibility index (Phi) is 3.95. The van der Waals surface area contributed by atoms with E-state index in [2.05, 4.69) is 5.32 Å². The van der Waals surface area contributed by atoms with E-state index in [1.54, 1.807) is 12.1 Å². The van der Waals surface area contributed by atoms with Gasteiger partial charge < -0.3 is 11.1 Å². The van der Waals surface area contributed by atoms with Crippen LogP contribution in [-0.4, -0.2) is 7.05 Å². The Morgan fingerprint density at radius 3 is 2.44 bits per heavy atom. The van der Waals surface area contributed by atoms with Gasteiger partial charge in [0.2, 0.25) is 0 Å². The summed E-state index contributed by atoms with van der Waals surface area (Å²) in [6, 6.07) is 14.4. The average molecular weight is 244 g/mol. The smallest absolute Gasteiger partial charge is 0.127 e. The first-order valence-corrected chi connectivity index (χ1v) is 5.97. The number of anilines is 1. The molecule has 0 heterocycles. The lowest BCUT2D eigenvalue weighted by Gasteiger charge is -2.18. The number of rotatable bonds is 4. The molecular weight excluding hydrogens is 227 g/mol. The fraction of sp³-hybridized carbons (Fsp3) is 0.200. The van der Waals surface area contributed by atoms with E-state index in [0.29, 0.717) is 12.0 Å². The molecule has 1 atom stereocenters. The standard InChI is InChI=1S/C15H17FN2/c1-18-15(12-7-3-4-8-13(12)16)10-11-6-2-5-9-14(11)17/h2-9,15,18H,10,17H2,1H3/t15-/m0/s1. The van der Waals surface area contributed by atoms with Crippen LogP contribution in [0.15, 0.2) is 48.5 Å². The van der Waals surface area contributed by atoms with E-state index >= 15 is 0 Å². The number of hydrogen-bond acceptors (Lipinski definition) is 2. The Morgan fingerprint density at radius 2 is 1.78 bits per heavy atom. The summed E-state index contributed by atoms with van der Waals surface area (Å²) in [6.07, 6.45) is 0.671. The van der Waals surface area contributed by atoms with Crippen LogP contribution in [0.25, 0.3) is 0 Å². The van der Waals surface area contributed by atoms with Gasteiger partial charge in [0.25, 0.3) is 0 Å². The minimum atomic E-state index is -0.189. The maximum Gasteiger partial charge on any atom is 0.127 e. The van der Waals surface area contributed by atoms with Crippen molar-refractivity contribution in [1.82, 2.24) is 5.32 Å². The number of nitrogens with two attached hydrogens (primary N) is 1. The van der Waals surface area contributed by atoms with Gasteiger partial charge in [-0.05, 0) is 31.2 Å². The third kappa shape index (κ3) is 2.68. The minimum absolute atomic E-state index is 0.0732. The second kappa shape index (κ2) is 5.65. The van der Waals surface area contributed by atoms with Crippen LogP contribution in [0.2, 0.25) is 0 Å². The van der Waals surface area contributed by atoms with Crippen LogP contribution in [-0.2, 0) is 6.42 Å². The summed E-state index contributed by atoms with van der Waals surface area (Å²) in [5, 5.41) is 3.14. The maximum atomic E-state index is 13.8. The number of likely N-dealkylation sites (N-methyl/N-ethyl adjacent to an activating group) is 1. The van der Waals surface area contributed by atoms with Crippen LogP contribution in [0, 0.1) is 5.82 Å². The molecule has 0 spiro atoms. The molecule has 18 heavy (non-hydrogen) atoms. The molecule has 2 nitrogen and oxygen atoms in total. The van der Waals surface area contributed by atoms with Gasteiger partial charge in [0.05, 0.1) is 0 Å². The van der Waals surface area contributed by atoms with E-state index in [9.17, 15) is 4.39 Å². The van der Waals surface area contributed by atoms with Gasteiger partial charge in [0.1, 0.15) is 5.82 Å². The van der Waals surface area contributed by atoms with Gasteiger partial charge in [-0.3, -0.25) is 0 Å². The Morgan fingerprint density at radius 1 is 1.11 bits per heavy atom. The van der Waals surface area contributed by atoms with Gasteiger partial charge in [0, 0.05) is 17.3 Å². The first-order valence-electron chi connectivity index (χ1n) is 5.97. The molecule has 94 valence electrons. The Balaban J connectivity index is 2.26. The predicted molar refractivity (Wildman–Crippen MR) is 72.8 cm³/mol. The first kappa shape index (κ1) is 12.6. The molecule has 0 aromatic heterocycles. The molecule has 0 bridgehead atoms. The monoisotopic (exact) mass is 244 g/mol. The number of para-hydroxylation sites is 1. The van der Waals surface area contributed by atoms with Gasteiger partial charge in [-0.2, -0.15) is 0 Å². The molecular formula is C15H17FN2.